The van der Waals surface area contributed by atoms with Crippen molar-refractivity contribution in [2.75, 3.05) is 26.4 Å². The molecule has 0 aromatic carbocycles. The molecule has 0 aromatic heterocycles. The van der Waals surface area contributed by atoms with Crippen molar-refractivity contribution in [1.82, 2.24) is 5.32 Å². The lowest BCUT2D eigenvalue weighted by Crippen LogP contribution is -2.27. The summed E-state index contributed by atoms with van der Waals surface area (Å²) in [5.74, 6) is -0.548. The van der Waals surface area contributed by atoms with Gasteiger partial charge in [0.1, 0.15) is 12.7 Å². The first kappa shape index (κ1) is 39.0. The minimum absolute atomic E-state index is 0.0866. The van der Waals surface area contributed by atoms with Gasteiger partial charge in [0, 0.05) is 19.4 Å². The number of ether oxygens (including phenoxy) is 1. The fourth-order valence-electron chi connectivity index (χ4n) is 4.30. The van der Waals surface area contributed by atoms with E-state index in [-0.39, 0.29) is 32.1 Å². The summed E-state index contributed by atoms with van der Waals surface area (Å²) in [6, 6.07) is 0. The number of phosphoric ester groups is 1. The van der Waals surface area contributed by atoms with Gasteiger partial charge in [-0.05, 0) is 12.8 Å². The van der Waals surface area contributed by atoms with E-state index in [0.29, 0.717) is 12.8 Å². The minimum atomic E-state index is -4.38. The summed E-state index contributed by atoms with van der Waals surface area (Å²) in [5, 5.41) is 12.4. The van der Waals surface area contributed by atoms with Crippen molar-refractivity contribution >= 4 is 19.7 Å². The molecule has 3 N–H and O–H groups in total. The molecule has 0 saturated heterocycles. The number of esters is 1. The summed E-state index contributed by atoms with van der Waals surface area (Å²) in [4.78, 5) is 33.0. The molecule has 10 heteroatoms. The molecular weight excluding hydrogens is 533 g/mol. The third-order valence-electron chi connectivity index (χ3n) is 6.79. The molecule has 0 aliphatic heterocycles. The third kappa shape index (κ3) is 28.5. The molecule has 40 heavy (non-hydrogen) atoms. The van der Waals surface area contributed by atoms with Gasteiger partial charge in [-0.25, -0.2) is 4.57 Å². The van der Waals surface area contributed by atoms with E-state index >= 15 is 0 Å². The van der Waals surface area contributed by atoms with Crippen LogP contribution in [-0.4, -0.2) is 54.3 Å². The average molecular weight is 594 g/mol. The molecule has 0 aromatic rings. The van der Waals surface area contributed by atoms with Crippen LogP contribution in [0.1, 0.15) is 149 Å². The summed E-state index contributed by atoms with van der Waals surface area (Å²) < 4.78 is 26.2. The lowest BCUT2D eigenvalue weighted by Gasteiger charge is -2.15. The summed E-state index contributed by atoms with van der Waals surface area (Å²) in [6.07, 6.45) is 23.0. The monoisotopic (exact) mass is 593 g/mol. The van der Waals surface area contributed by atoms with Crippen LogP contribution in [-0.2, 0) is 27.9 Å². The average Bonchev–Trinajstić information content (AvgIpc) is 2.93. The predicted octanol–water partition coefficient (Wildman–Crippen LogP) is 7.37. The quantitative estimate of drug-likeness (QED) is 0.0447. The summed E-state index contributed by atoms with van der Waals surface area (Å²) in [5.41, 5.74) is 0. The molecule has 0 bridgehead atoms. The van der Waals surface area contributed by atoms with Gasteiger partial charge in [-0.3, -0.25) is 18.6 Å². The van der Waals surface area contributed by atoms with Crippen LogP contribution in [0, 0.1) is 0 Å². The van der Waals surface area contributed by atoms with E-state index in [1.54, 1.807) is 0 Å². The van der Waals surface area contributed by atoms with Gasteiger partial charge >= 0.3 is 13.8 Å². The van der Waals surface area contributed by atoms with Crippen molar-refractivity contribution in [3.8, 4) is 0 Å². The van der Waals surface area contributed by atoms with Crippen LogP contribution in [0.3, 0.4) is 0 Å². The SMILES string of the molecule is CCCCCCCCCCCCCCCCCCCC(=O)NCCOP(=O)(O)OCC(O)COC(=O)CCCC. The molecule has 0 radical (unpaired) electrons. The molecule has 0 spiro atoms. The molecule has 0 aliphatic rings. The van der Waals surface area contributed by atoms with Crippen LogP contribution in [0.15, 0.2) is 0 Å². The molecule has 0 fully saturated rings. The highest BCUT2D eigenvalue weighted by Crippen LogP contribution is 2.42. The second kappa shape index (κ2) is 28.1. The maximum absolute atomic E-state index is 11.9. The largest absolute Gasteiger partial charge is 0.472 e. The normalized spacial score (nSPS) is 13.6. The Labute approximate surface area is 244 Å². The Kier molecular flexibility index (Phi) is 27.4. The topological polar surface area (TPSA) is 131 Å². The third-order valence-corrected chi connectivity index (χ3v) is 7.77. The van der Waals surface area contributed by atoms with Gasteiger partial charge < -0.3 is 20.1 Å². The number of aliphatic hydroxyl groups excluding tert-OH is 1. The highest BCUT2D eigenvalue weighted by molar-refractivity contribution is 7.47. The zero-order valence-corrected chi connectivity index (χ0v) is 26.4. The molecule has 0 aliphatic carbocycles. The van der Waals surface area contributed by atoms with Crippen LogP contribution in [0.5, 0.6) is 0 Å². The van der Waals surface area contributed by atoms with Gasteiger partial charge in [0.2, 0.25) is 5.91 Å². The Morgan fingerprint density at radius 2 is 1.15 bits per heavy atom. The number of carbonyl (C=O) groups is 2. The highest BCUT2D eigenvalue weighted by atomic mass is 31.2. The molecular formula is C30H60NO8P. The van der Waals surface area contributed by atoms with E-state index in [1.165, 1.54) is 89.9 Å². The Balaban J connectivity index is 3.50. The van der Waals surface area contributed by atoms with Crippen molar-refractivity contribution < 1.29 is 37.9 Å². The van der Waals surface area contributed by atoms with E-state index in [9.17, 15) is 24.2 Å². The first-order valence-electron chi connectivity index (χ1n) is 16.0. The minimum Gasteiger partial charge on any atom is -0.463 e. The summed E-state index contributed by atoms with van der Waals surface area (Å²) >= 11 is 0. The van der Waals surface area contributed by atoms with Crippen molar-refractivity contribution in [2.24, 2.45) is 0 Å². The molecule has 2 atom stereocenters. The smallest absolute Gasteiger partial charge is 0.463 e. The zero-order chi connectivity index (χ0) is 29.7. The van der Waals surface area contributed by atoms with Gasteiger partial charge in [-0.15, -0.1) is 0 Å². The Morgan fingerprint density at radius 1 is 0.675 bits per heavy atom. The standard InChI is InChI=1S/C30H60NO8P/c1-3-5-7-8-9-10-11-12-13-14-15-16-17-18-19-20-21-22-29(33)31-24-25-38-40(35,36)39-27-28(32)26-37-30(34)23-6-4-2/h28,32H,3-27H2,1-2H3,(H,31,33)(H,35,36). The Bertz CT molecular complexity index is 649. The van der Waals surface area contributed by atoms with E-state index in [2.05, 4.69) is 12.2 Å². The molecule has 238 valence electrons. The van der Waals surface area contributed by atoms with E-state index in [1.807, 2.05) is 6.92 Å². The maximum atomic E-state index is 11.9. The molecule has 9 nitrogen and oxygen atoms in total. The fraction of sp³-hybridized carbons (Fsp3) is 0.933. The van der Waals surface area contributed by atoms with Crippen molar-refractivity contribution in [2.45, 2.75) is 155 Å². The Hall–Kier alpha value is -0.990. The van der Waals surface area contributed by atoms with Gasteiger partial charge in [0.15, 0.2) is 0 Å². The molecule has 0 rings (SSSR count). The number of hydrogen-bond acceptors (Lipinski definition) is 7. The van der Waals surface area contributed by atoms with E-state index in [0.717, 1.165) is 25.7 Å². The van der Waals surface area contributed by atoms with Crippen LogP contribution in [0.2, 0.25) is 0 Å². The lowest BCUT2D eigenvalue weighted by atomic mass is 10.0. The van der Waals surface area contributed by atoms with Crippen LogP contribution in [0.25, 0.3) is 0 Å². The number of hydrogen-bond donors (Lipinski definition) is 3. The van der Waals surface area contributed by atoms with Crippen LogP contribution in [0.4, 0.5) is 0 Å². The van der Waals surface area contributed by atoms with Crippen LogP contribution < -0.4 is 5.32 Å². The van der Waals surface area contributed by atoms with Gasteiger partial charge in [-0.1, -0.05) is 123 Å². The molecule has 0 heterocycles. The number of carbonyl (C=O) groups excluding carboxylic acids is 2. The van der Waals surface area contributed by atoms with E-state index < -0.39 is 26.5 Å². The van der Waals surface area contributed by atoms with Crippen molar-refractivity contribution in [3.05, 3.63) is 0 Å². The predicted molar refractivity (Wildman–Crippen MR) is 160 cm³/mol. The maximum Gasteiger partial charge on any atom is 0.472 e. The number of aliphatic hydroxyl groups is 1. The second-order valence-corrected chi connectivity index (χ2v) is 12.2. The first-order valence-corrected chi connectivity index (χ1v) is 17.5. The molecule has 1 amide bonds. The fourth-order valence-corrected chi connectivity index (χ4v) is 5.06. The van der Waals surface area contributed by atoms with E-state index in [4.69, 9.17) is 13.8 Å². The van der Waals surface area contributed by atoms with Gasteiger partial charge in [0.25, 0.3) is 0 Å². The zero-order valence-electron chi connectivity index (χ0n) is 25.5. The highest BCUT2D eigenvalue weighted by Gasteiger charge is 2.23. The first-order chi connectivity index (χ1) is 19.3. The Morgan fingerprint density at radius 3 is 1.65 bits per heavy atom. The van der Waals surface area contributed by atoms with Gasteiger partial charge in [0.05, 0.1) is 13.2 Å². The summed E-state index contributed by atoms with van der Waals surface area (Å²) in [7, 11) is -4.38. The second-order valence-electron chi connectivity index (χ2n) is 10.8. The number of nitrogens with one attached hydrogen (secondary N) is 1. The van der Waals surface area contributed by atoms with Crippen molar-refractivity contribution in [3.63, 3.8) is 0 Å². The van der Waals surface area contributed by atoms with Gasteiger partial charge in [-0.2, -0.15) is 0 Å². The lowest BCUT2D eigenvalue weighted by molar-refractivity contribution is -0.147. The molecule has 0 saturated carbocycles. The number of rotatable bonds is 30. The number of amides is 1. The molecule has 2 unspecified atom stereocenters. The van der Waals surface area contributed by atoms with Crippen LogP contribution >= 0.6 is 7.82 Å². The number of unbranched alkanes of at least 4 members (excludes halogenated alkanes) is 17. The number of phosphoric acid groups is 1. The summed E-state index contributed by atoms with van der Waals surface area (Å²) in [6.45, 7) is 3.27. The van der Waals surface area contributed by atoms with Crippen molar-refractivity contribution in [1.29, 1.82) is 0 Å².